The van der Waals surface area contributed by atoms with E-state index >= 15 is 0 Å². The summed E-state index contributed by atoms with van der Waals surface area (Å²) in [5, 5.41) is 9.46. The number of benzene rings is 2. The summed E-state index contributed by atoms with van der Waals surface area (Å²) in [4.78, 5) is 17.8. The molecule has 5 heteroatoms. The van der Waals surface area contributed by atoms with Gasteiger partial charge in [0, 0.05) is 0 Å². The second kappa shape index (κ2) is 5.04. The lowest BCUT2D eigenvalue weighted by molar-refractivity contribution is 0.205. The first-order chi connectivity index (χ1) is 8.48. The fourth-order valence-corrected chi connectivity index (χ4v) is 2.23. The van der Waals surface area contributed by atoms with E-state index < -0.39 is 13.4 Å². The normalized spacial score (nSPS) is 13.3. The molecular formula is C13H13O4P. The first-order valence-corrected chi connectivity index (χ1v) is 7.05. The molecule has 18 heavy (non-hydrogen) atoms. The maximum Gasteiger partial charge on any atom is 0.358 e. The van der Waals surface area contributed by atoms with Crippen molar-refractivity contribution < 1.29 is 19.5 Å². The highest BCUT2D eigenvalue weighted by Crippen LogP contribution is 2.49. The van der Waals surface area contributed by atoms with Gasteiger partial charge in [0.1, 0.15) is 0 Å². The van der Waals surface area contributed by atoms with Gasteiger partial charge >= 0.3 is 7.60 Å². The Bertz CT molecular complexity index is 559. The quantitative estimate of drug-likeness (QED) is 0.744. The van der Waals surface area contributed by atoms with Crippen LogP contribution in [0, 0.1) is 0 Å². The van der Waals surface area contributed by atoms with E-state index in [0.717, 1.165) is 11.1 Å². The largest absolute Gasteiger partial charge is 0.376 e. The summed E-state index contributed by atoms with van der Waals surface area (Å²) in [6.45, 7) is 0. The minimum atomic E-state index is -4.51. The average molecular weight is 264 g/mol. The van der Waals surface area contributed by atoms with Crippen LogP contribution in [0.2, 0.25) is 0 Å². The predicted octanol–water partition coefficient (Wildman–Crippen LogP) is 2.52. The summed E-state index contributed by atoms with van der Waals surface area (Å²) in [6.07, 6.45) is 0. The summed E-state index contributed by atoms with van der Waals surface area (Å²) in [5.41, 5.74) is 2.15. The summed E-state index contributed by atoms with van der Waals surface area (Å²) in [7, 11) is -4.51. The summed E-state index contributed by atoms with van der Waals surface area (Å²) >= 11 is 0. The van der Waals surface area contributed by atoms with E-state index in [1.807, 2.05) is 30.3 Å². The van der Waals surface area contributed by atoms with Crippen molar-refractivity contribution >= 4 is 7.60 Å². The molecule has 94 valence electrons. The number of hydrogen-bond acceptors (Lipinski definition) is 2. The van der Waals surface area contributed by atoms with E-state index in [2.05, 4.69) is 0 Å². The van der Waals surface area contributed by atoms with Gasteiger partial charge in [-0.3, -0.25) is 4.57 Å². The molecule has 0 aliphatic heterocycles. The Morgan fingerprint density at radius 1 is 0.833 bits per heavy atom. The molecule has 0 saturated carbocycles. The SMILES string of the molecule is O=P(O)(O)[C@@H](O)c1ccc(-c2ccccc2)cc1. The maximum absolute atomic E-state index is 10.9. The lowest BCUT2D eigenvalue weighted by Crippen LogP contribution is -1.97. The lowest BCUT2D eigenvalue weighted by atomic mass is 10.0. The van der Waals surface area contributed by atoms with Crippen LogP contribution in [-0.2, 0) is 4.57 Å². The molecule has 0 radical (unpaired) electrons. The topological polar surface area (TPSA) is 77.8 Å². The molecular weight excluding hydrogens is 251 g/mol. The molecule has 0 aliphatic carbocycles. The highest BCUT2D eigenvalue weighted by Gasteiger charge is 2.27. The lowest BCUT2D eigenvalue weighted by Gasteiger charge is -2.13. The number of hydrogen-bond donors (Lipinski definition) is 3. The van der Waals surface area contributed by atoms with E-state index in [9.17, 15) is 9.67 Å². The zero-order valence-corrected chi connectivity index (χ0v) is 10.4. The van der Waals surface area contributed by atoms with Crippen molar-refractivity contribution in [2.24, 2.45) is 0 Å². The van der Waals surface area contributed by atoms with Crippen LogP contribution >= 0.6 is 7.60 Å². The van der Waals surface area contributed by atoms with E-state index in [4.69, 9.17) is 9.79 Å². The molecule has 2 aromatic rings. The summed E-state index contributed by atoms with van der Waals surface area (Å²) in [5.74, 6) is -1.76. The molecule has 0 heterocycles. The van der Waals surface area contributed by atoms with Crippen LogP contribution < -0.4 is 0 Å². The van der Waals surface area contributed by atoms with Gasteiger partial charge < -0.3 is 14.9 Å². The average Bonchev–Trinajstić information content (AvgIpc) is 2.38. The van der Waals surface area contributed by atoms with Gasteiger partial charge in [0.25, 0.3) is 0 Å². The molecule has 0 aromatic heterocycles. The highest BCUT2D eigenvalue weighted by molar-refractivity contribution is 7.51. The third kappa shape index (κ3) is 2.86. The smallest absolute Gasteiger partial charge is 0.358 e. The van der Waals surface area contributed by atoms with E-state index in [0.29, 0.717) is 0 Å². The molecule has 0 unspecified atom stereocenters. The third-order valence-corrected chi connectivity index (χ3v) is 3.57. The van der Waals surface area contributed by atoms with Gasteiger partial charge in [-0.2, -0.15) is 0 Å². The molecule has 0 spiro atoms. The van der Waals surface area contributed by atoms with Crippen LogP contribution in [-0.4, -0.2) is 14.9 Å². The van der Waals surface area contributed by atoms with Crippen LogP contribution in [0.3, 0.4) is 0 Å². The Morgan fingerprint density at radius 3 is 1.83 bits per heavy atom. The molecule has 1 atom stereocenters. The number of aliphatic hydroxyl groups is 1. The van der Waals surface area contributed by atoms with Gasteiger partial charge in [-0.1, -0.05) is 54.6 Å². The van der Waals surface area contributed by atoms with Gasteiger partial charge in [-0.15, -0.1) is 0 Å². The third-order valence-electron chi connectivity index (χ3n) is 2.63. The fourth-order valence-electron chi connectivity index (χ4n) is 1.67. The number of rotatable bonds is 3. The molecule has 0 fully saturated rings. The van der Waals surface area contributed by atoms with Crippen LogP contribution in [0.1, 0.15) is 11.4 Å². The molecule has 4 nitrogen and oxygen atoms in total. The first kappa shape index (κ1) is 13.0. The van der Waals surface area contributed by atoms with Crippen LogP contribution in [0.25, 0.3) is 11.1 Å². The zero-order chi connectivity index (χ0) is 13.2. The van der Waals surface area contributed by atoms with Crippen LogP contribution in [0.5, 0.6) is 0 Å². The van der Waals surface area contributed by atoms with Crippen molar-refractivity contribution in [3.63, 3.8) is 0 Å². The second-order valence-electron chi connectivity index (χ2n) is 3.95. The van der Waals surface area contributed by atoms with Crippen molar-refractivity contribution in [2.45, 2.75) is 5.85 Å². The Morgan fingerprint density at radius 2 is 1.33 bits per heavy atom. The standard InChI is InChI=1S/C13H13O4P/c14-13(18(15,16)17)12-8-6-11(7-9-12)10-4-2-1-3-5-10/h1-9,13-14H,(H2,15,16,17)/t13-/m1/s1. The minimum absolute atomic E-state index is 0.211. The summed E-state index contributed by atoms with van der Waals surface area (Å²) < 4.78 is 10.9. The molecule has 0 amide bonds. The highest BCUT2D eigenvalue weighted by atomic mass is 31.2. The molecule has 0 aliphatic rings. The number of aliphatic hydroxyl groups excluding tert-OH is 1. The van der Waals surface area contributed by atoms with E-state index in [1.165, 1.54) is 12.1 Å². The Kier molecular flexibility index (Phi) is 3.64. The second-order valence-corrected chi connectivity index (χ2v) is 5.62. The van der Waals surface area contributed by atoms with Gasteiger partial charge in [0.05, 0.1) is 0 Å². The van der Waals surface area contributed by atoms with Gasteiger partial charge in [-0.25, -0.2) is 0 Å². The van der Waals surface area contributed by atoms with Gasteiger partial charge in [0.2, 0.25) is 0 Å². The molecule has 0 bridgehead atoms. The molecule has 3 N–H and O–H groups in total. The van der Waals surface area contributed by atoms with Gasteiger partial charge in [0.15, 0.2) is 5.85 Å². The van der Waals surface area contributed by atoms with Crippen LogP contribution in [0.15, 0.2) is 54.6 Å². The zero-order valence-electron chi connectivity index (χ0n) is 9.47. The summed E-state index contributed by atoms with van der Waals surface area (Å²) in [6, 6.07) is 16.1. The maximum atomic E-state index is 10.9. The van der Waals surface area contributed by atoms with E-state index in [1.54, 1.807) is 12.1 Å². The minimum Gasteiger partial charge on any atom is -0.376 e. The van der Waals surface area contributed by atoms with Crippen molar-refractivity contribution in [1.29, 1.82) is 0 Å². The van der Waals surface area contributed by atoms with Crippen molar-refractivity contribution in [2.75, 3.05) is 0 Å². The van der Waals surface area contributed by atoms with E-state index in [-0.39, 0.29) is 5.56 Å². The molecule has 0 saturated heterocycles. The van der Waals surface area contributed by atoms with Crippen molar-refractivity contribution in [1.82, 2.24) is 0 Å². The monoisotopic (exact) mass is 264 g/mol. The molecule has 2 rings (SSSR count). The Hall–Kier alpha value is -1.45. The predicted molar refractivity (Wildman–Crippen MR) is 68.9 cm³/mol. The fraction of sp³-hybridized carbons (Fsp3) is 0.0769. The van der Waals surface area contributed by atoms with Crippen molar-refractivity contribution in [3.05, 3.63) is 60.2 Å². The van der Waals surface area contributed by atoms with Crippen LogP contribution in [0.4, 0.5) is 0 Å². The Balaban J connectivity index is 2.29. The first-order valence-electron chi connectivity index (χ1n) is 5.37. The van der Waals surface area contributed by atoms with Gasteiger partial charge in [-0.05, 0) is 16.7 Å². The van der Waals surface area contributed by atoms with Crippen molar-refractivity contribution in [3.8, 4) is 11.1 Å². The molecule has 2 aromatic carbocycles. The Labute approximate surface area is 105 Å².